The molecule has 1 N–H and O–H groups in total. The van der Waals surface area contributed by atoms with E-state index in [-0.39, 0.29) is 16.5 Å². The van der Waals surface area contributed by atoms with Gasteiger partial charge >= 0.3 is 0 Å². The summed E-state index contributed by atoms with van der Waals surface area (Å²) in [5, 5.41) is 0. The second-order valence-electron chi connectivity index (χ2n) is 4.61. The number of methoxy groups -OCH3 is 1. The van der Waals surface area contributed by atoms with Gasteiger partial charge in [0.05, 0.1) is 12.0 Å². The van der Waals surface area contributed by atoms with Gasteiger partial charge in [-0.15, -0.1) is 0 Å². The Bertz CT molecular complexity index is 802. The van der Waals surface area contributed by atoms with Crippen molar-refractivity contribution in [1.29, 1.82) is 0 Å². The van der Waals surface area contributed by atoms with Gasteiger partial charge in [0.25, 0.3) is 10.0 Å². The van der Waals surface area contributed by atoms with E-state index in [2.05, 4.69) is 16.3 Å². The second kappa shape index (κ2) is 6.15. The van der Waals surface area contributed by atoms with E-state index < -0.39 is 15.8 Å². The van der Waals surface area contributed by atoms with Crippen LogP contribution in [0.2, 0.25) is 0 Å². The van der Waals surface area contributed by atoms with Crippen LogP contribution < -0.4 is 9.46 Å². The number of rotatable bonds is 5. The number of hydrogen-bond acceptors (Lipinski definition) is 4. The first kappa shape index (κ1) is 16.0. The summed E-state index contributed by atoms with van der Waals surface area (Å²) >= 11 is 0. The summed E-state index contributed by atoms with van der Waals surface area (Å²) in [7, 11) is -2.47. The molecule has 0 aliphatic heterocycles. The predicted molar refractivity (Wildman–Crippen MR) is 82.7 cm³/mol. The third-order valence-corrected chi connectivity index (χ3v) is 4.28. The smallest absolute Gasteiger partial charge is 0.263 e. The standard InChI is InChI=1S/C15H15FN2O3S/c1-10(2)11-8-14(21-3)15(17-9-11)18-22(19,20)13-6-4-12(16)5-7-13/h4-9H,1H2,2-3H3,(H,17,18). The third kappa shape index (κ3) is 3.43. The van der Waals surface area contributed by atoms with Gasteiger partial charge in [0.15, 0.2) is 11.6 Å². The minimum atomic E-state index is -3.88. The summed E-state index contributed by atoms with van der Waals surface area (Å²) in [6, 6.07) is 6.13. The molecule has 1 aromatic carbocycles. The van der Waals surface area contributed by atoms with Crippen molar-refractivity contribution in [2.24, 2.45) is 0 Å². The van der Waals surface area contributed by atoms with Gasteiger partial charge in [-0.2, -0.15) is 0 Å². The highest BCUT2D eigenvalue weighted by atomic mass is 32.2. The lowest BCUT2D eigenvalue weighted by atomic mass is 10.1. The number of nitrogens with one attached hydrogen (secondary N) is 1. The average molecular weight is 322 g/mol. The van der Waals surface area contributed by atoms with Gasteiger partial charge in [-0.3, -0.25) is 4.72 Å². The number of halogens is 1. The van der Waals surface area contributed by atoms with Crippen LogP contribution in [-0.4, -0.2) is 20.5 Å². The van der Waals surface area contributed by atoms with E-state index in [9.17, 15) is 12.8 Å². The number of aromatic nitrogens is 1. The van der Waals surface area contributed by atoms with Crippen molar-refractivity contribution in [1.82, 2.24) is 4.98 Å². The molecule has 0 amide bonds. The van der Waals surface area contributed by atoms with E-state index in [1.807, 2.05) is 0 Å². The first-order valence-corrected chi connectivity index (χ1v) is 7.80. The lowest BCUT2D eigenvalue weighted by molar-refractivity contribution is 0.415. The summed E-state index contributed by atoms with van der Waals surface area (Å²) < 4.78 is 44.9. The molecule has 2 aromatic rings. The van der Waals surface area contributed by atoms with E-state index in [0.29, 0.717) is 0 Å². The lowest BCUT2D eigenvalue weighted by Crippen LogP contribution is -2.14. The van der Waals surface area contributed by atoms with Crippen LogP contribution in [-0.2, 0) is 10.0 Å². The van der Waals surface area contributed by atoms with Crippen molar-refractivity contribution in [2.45, 2.75) is 11.8 Å². The Morgan fingerprint density at radius 3 is 2.50 bits per heavy atom. The van der Waals surface area contributed by atoms with Gasteiger partial charge in [-0.25, -0.2) is 17.8 Å². The molecule has 2 rings (SSSR count). The van der Waals surface area contributed by atoms with Crippen LogP contribution in [0.5, 0.6) is 5.75 Å². The van der Waals surface area contributed by atoms with Crippen molar-refractivity contribution in [3.05, 3.63) is 54.5 Å². The second-order valence-corrected chi connectivity index (χ2v) is 6.30. The normalized spacial score (nSPS) is 11.0. The van der Waals surface area contributed by atoms with Crippen LogP contribution in [0.4, 0.5) is 10.2 Å². The maximum atomic E-state index is 12.9. The van der Waals surface area contributed by atoms with Gasteiger partial charge in [-0.1, -0.05) is 6.58 Å². The highest BCUT2D eigenvalue weighted by Crippen LogP contribution is 2.27. The lowest BCUT2D eigenvalue weighted by Gasteiger charge is -2.12. The molecule has 116 valence electrons. The SMILES string of the molecule is C=C(C)c1cnc(NS(=O)(=O)c2ccc(F)cc2)c(OC)c1. The van der Waals surface area contributed by atoms with Gasteiger partial charge in [0.2, 0.25) is 0 Å². The minimum absolute atomic E-state index is 0.0526. The quantitative estimate of drug-likeness (QED) is 0.918. The molecule has 1 heterocycles. The van der Waals surface area contributed by atoms with E-state index in [0.717, 1.165) is 23.3 Å². The molecule has 0 bridgehead atoms. The number of allylic oxidation sites excluding steroid dienone is 1. The molecule has 7 heteroatoms. The number of anilines is 1. The molecule has 0 unspecified atom stereocenters. The summed E-state index contributed by atoms with van der Waals surface area (Å²) in [4.78, 5) is 3.98. The highest BCUT2D eigenvalue weighted by molar-refractivity contribution is 7.92. The molecule has 0 aliphatic rings. The molecular weight excluding hydrogens is 307 g/mol. The number of sulfonamides is 1. The van der Waals surface area contributed by atoms with Crippen molar-refractivity contribution in [3.63, 3.8) is 0 Å². The van der Waals surface area contributed by atoms with Crippen molar-refractivity contribution in [3.8, 4) is 5.75 Å². The molecule has 0 saturated carbocycles. The third-order valence-electron chi connectivity index (χ3n) is 2.92. The van der Waals surface area contributed by atoms with Gasteiger partial charge in [0, 0.05) is 6.20 Å². The average Bonchev–Trinajstić information content (AvgIpc) is 2.47. The molecule has 0 atom stereocenters. The van der Waals surface area contributed by atoms with E-state index >= 15 is 0 Å². The molecule has 0 fully saturated rings. The van der Waals surface area contributed by atoms with Crippen LogP contribution in [0, 0.1) is 5.82 Å². The Balaban J connectivity index is 2.37. The molecule has 0 radical (unpaired) electrons. The molecule has 0 saturated heterocycles. The van der Waals surface area contributed by atoms with Crippen LogP contribution in [0.1, 0.15) is 12.5 Å². The minimum Gasteiger partial charge on any atom is -0.493 e. The Morgan fingerprint density at radius 1 is 1.32 bits per heavy atom. The Morgan fingerprint density at radius 2 is 1.95 bits per heavy atom. The van der Waals surface area contributed by atoms with Crippen molar-refractivity contribution < 1.29 is 17.5 Å². The van der Waals surface area contributed by atoms with E-state index in [1.165, 1.54) is 25.4 Å². The highest BCUT2D eigenvalue weighted by Gasteiger charge is 2.18. The largest absolute Gasteiger partial charge is 0.493 e. The van der Waals surface area contributed by atoms with Crippen molar-refractivity contribution in [2.75, 3.05) is 11.8 Å². The zero-order valence-electron chi connectivity index (χ0n) is 12.1. The monoisotopic (exact) mass is 322 g/mol. The molecule has 1 aromatic heterocycles. The predicted octanol–water partition coefficient (Wildman–Crippen LogP) is 3.06. The summed E-state index contributed by atoms with van der Waals surface area (Å²) in [5.41, 5.74) is 1.51. The summed E-state index contributed by atoms with van der Waals surface area (Å²) in [6.07, 6.45) is 1.49. The first-order valence-electron chi connectivity index (χ1n) is 6.32. The fourth-order valence-corrected chi connectivity index (χ4v) is 2.73. The molecular formula is C15H15FN2O3S. The van der Waals surface area contributed by atoms with Gasteiger partial charge in [0.1, 0.15) is 5.82 Å². The summed E-state index contributed by atoms with van der Waals surface area (Å²) in [5.74, 6) is -0.191. The zero-order chi connectivity index (χ0) is 16.3. The number of ether oxygens (including phenoxy) is 1. The van der Waals surface area contributed by atoms with Crippen LogP contribution >= 0.6 is 0 Å². The van der Waals surface area contributed by atoms with Gasteiger partial charge in [-0.05, 0) is 48.4 Å². The maximum Gasteiger partial charge on any atom is 0.263 e. The van der Waals surface area contributed by atoms with Crippen LogP contribution in [0.25, 0.3) is 5.57 Å². The fraction of sp³-hybridized carbons (Fsp3) is 0.133. The molecule has 0 aliphatic carbocycles. The molecule has 22 heavy (non-hydrogen) atoms. The zero-order valence-corrected chi connectivity index (χ0v) is 12.9. The molecule has 0 spiro atoms. The maximum absolute atomic E-state index is 12.9. The van der Waals surface area contributed by atoms with E-state index in [1.54, 1.807) is 13.0 Å². The molecule has 5 nitrogen and oxygen atoms in total. The number of pyridine rings is 1. The Hall–Kier alpha value is -2.41. The van der Waals surface area contributed by atoms with Gasteiger partial charge < -0.3 is 4.74 Å². The van der Waals surface area contributed by atoms with Crippen LogP contribution in [0.15, 0.2) is 48.0 Å². The number of benzene rings is 1. The topological polar surface area (TPSA) is 68.3 Å². The Kier molecular flexibility index (Phi) is 4.46. The number of nitrogens with zero attached hydrogens (tertiary/aromatic N) is 1. The van der Waals surface area contributed by atoms with E-state index in [4.69, 9.17) is 4.74 Å². The van der Waals surface area contributed by atoms with Crippen LogP contribution in [0.3, 0.4) is 0 Å². The Labute approximate surface area is 128 Å². The summed E-state index contributed by atoms with van der Waals surface area (Å²) in [6.45, 7) is 5.60. The fourth-order valence-electron chi connectivity index (χ4n) is 1.71. The van der Waals surface area contributed by atoms with Crippen molar-refractivity contribution >= 4 is 21.4 Å². The first-order chi connectivity index (χ1) is 10.3. The number of hydrogen-bond donors (Lipinski definition) is 1.